The van der Waals surface area contributed by atoms with Gasteiger partial charge in [-0.25, -0.2) is 9.78 Å². The monoisotopic (exact) mass is 288 g/mol. The number of hydrogen-bond donors (Lipinski definition) is 4. The van der Waals surface area contributed by atoms with Crippen molar-refractivity contribution in [2.45, 2.75) is 19.4 Å². The number of imidazole rings is 1. The number of anilines is 1. The van der Waals surface area contributed by atoms with Gasteiger partial charge < -0.3 is 20.7 Å². The number of H-pyrrole nitrogens is 1. The molecule has 1 aromatic carbocycles. The number of hydrogen-bond acceptors (Lipinski definition) is 3. The van der Waals surface area contributed by atoms with Crippen molar-refractivity contribution in [3.05, 3.63) is 48.0 Å². The maximum atomic E-state index is 11.8. The number of urea groups is 1. The van der Waals surface area contributed by atoms with Gasteiger partial charge in [0, 0.05) is 24.5 Å². The first kappa shape index (κ1) is 14.6. The normalized spacial score (nSPS) is 10.1. The van der Waals surface area contributed by atoms with E-state index in [-0.39, 0.29) is 19.0 Å². The highest BCUT2D eigenvalue weighted by Gasteiger charge is 2.08. The number of carboxylic acids is 1. The molecule has 4 N–H and O–H groups in total. The topological polar surface area (TPSA) is 107 Å². The Hall–Kier alpha value is -2.83. The number of carboxylic acid groups (broad SMARTS) is 1. The lowest BCUT2D eigenvalue weighted by Crippen LogP contribution is -2.29. The van der Waals surface area contributed by atoms with Crippen LogP contribution in [0.1, 0.15) is 17.8 Å². The van der Waals surface area contributed by atoms with E-state index < -0.39 is 5.97 Å². The number of nitrogens with one attached hydrogen (secondary N) is 3. The van der Waals surface area contributed by atoms with E-state index in [0.717, 1.165) is 5.56 Å². The summed E-state index contributed by atoms with van der Waals surface area (Å²) in [6.45, 7) is 0.288. The van der Waals surface area contributed by atoms with Crippen molar-refractivity contribution in [2.24, 2.45) is 0 Å². The van der Waals surface area contributed by atoms with Gasteiger partial charge >= 0.3 is 12.0 Å². The summed E-state index contributed by atoms with van der Waals surface area (Å²) in [5, 5.41) is 14.1. The van der Waals surface area contributed by atoms with Crippen LogP contribution in [0.15, 0.2) is 36.7 Å². The van der Waals surface area contributed by atoms with E-state index in [9.17, 15) is 9.59 Å². The van der Waals surface area contributed by atoms with Crippen molar-refractivity contribution in [1.82, 2.24) is 15.3 Å². The number of carbonyl (C=O) groups excluding carboxylic acids is 1. The molecule has 2 rings (SSSR count). The van der Waals surface area contributed by atoms with Crippen molar-refractivity contribution in [1.29, 1.82) is 0 Å². The van der Waals surface area contributed by atoms with Crippen molar-refractivity contribution in [3.8, 4) is 0 Å². The van der Waals surface area contributed by atoms with Gasteiger partial charge in [-0.05, 0) is 18.1 Å². The number of carbonyl (C=O) groups is 2. The predicted molar refractivity (Wildman–Crippen MR) is 76.8 cm³/mol. The smallest absolute Gasteiger partial charge is 0.319 e. The molecular weight excluding hydrogens is 272 g/mol. The summed E-state index contributed by atoms with van der Waals surface area (Å²) >= 11 is 0. The molecule has 0 unspecified atom stereocenters. The quantitative estimate of drug-likeness (QED) is 0.649. The lowest BCUT2D eigenvalue weighted by molar-refractivity contribution is -0.136. The predicted octanol–water partition coefficient (Wildman–Crippen LogP) is 1.75. The molecule has 21 heavy (non-hydrogen) atoms. The molecule has 0 aliphatic heterocycles. The fourth-order valence-corrected chi connectivity index (χ4v) is 1.83. The number of para-hydroxylation sites is 1. The van der Waals surface area contributed by atoms with E-state index >= 15 is 0 Å². The van der Waals surface area contributed by atoms with E-state index in [0.29, 0.717) is 17.9 Å². The zero-order chi connectivity index (χ0) is 15.1. The SMILES string of the molecule is O=C(O)CCc1ccccc1NC(=O)NCc1ncc[nH]1. The Morgan fingerprint density at radius 1 is 1.29 bits per heavy atom. The van der Waals surface area contributed by atoms with Gasteiger partial charge in [0.2, 0.25) is 0 Å². The summed E-state index contributed by atoms with van der Waals surface area (Å²) in [7, 11) is 0. The minimum atomic E-state index is -0.868. The molecule has 2 aromatic rings. The molecule has 1 heterocycles. The molecule has 0 spiro atoms. The minimum Gasteiger partial charge on any atom is -0.481 e. The van der Waals surface area contributed by atoms with Crippen LogP contribution in [0.25, 0.3) is 0 Å². The molecule has 0 fully saturated rings. The number of nitrogens with zero attached hydrogens (tertiary/aromatic N) is 1. The molecule has 0 aliphatic carbocycles. The molecule has 0 atom stereocenters. The fourth-order valence-electron chi connectivity index (χ4n) is 1.83. The van der Waals surface area contributed by atoms with Gasteiger partial charge in [-0.1, -0.05) is 18.2 Å². The summed E-state index contributed by atoms with van der Waals surface area (Å²) in [4.78, 5) is 29.3. The summed E-state index contributed by atoms with van der Waals surface area (Å²) in [5.41, 5.74) is 1.39. The molecule has 7 nitrogen and oxygen atoms in total. The van der Waals surface area contributed by atoms with Crippen molar-refractivity contribution in [2.75, 3.05) is 5.32 Å². The van der Waals surface area contributed by atoms with Crippen LogP contribution in [-0.2, 0) is 17.8 Å². The molecule has 0 saturated carbocycles. The standard InChI is InChI=1S/C14H16N4O3/c19-13(20)6-5-10-3-1-2-4-11(10)18-14(21)17-9-12-15-7-8-16-12/h1-4,7-8H,5-6,9H2,(H,15,16)(H,19,20)(H2,17,18,21). The maximum Gasteiger partial charge on any atom is 0.319 e. The highest BCUT2D eigenvalue weighted by Crippen LogP contribution is 2.16. The highest BCUT2D eigenvalue weighted by atomic mass is 16.4. The van der Waals surface area contributed by atoms with E-state index in [1.807, 2.05) is 6.07 Å². The van der Waals surface area contributed by atoms with Crippen LogP contribution in [-0.4, -0.2) is 27.1 Å². The van der Waals surface area contributed by atoms with Crippen LogP contribution in [0.2, 0.25) is 0 Å². The molecule has 110 valence electrons. The van der Waals surface area contributed by atoms with Crippen LogP contribution >= 0.6 is 0 Å². The average molecular weight is 288 g/mol. The third-order valence-corrected chi connectivity index (χ3v) is 2.85. The second-order valence-electron chi connectivity index (χ2n) is 4.39. The first-order chi connectivity index (χ1) is 10.1. The van der Waals surface area contributed by atoms with Gasteiger partial charge in [0.05, 0.1) is 6.54 Å². The number of aliphatic carboxylic acids is 1. The Kier molecular flexibility index (Phi) is 4.92. The van der Waals surface area contributed by atoms with Gasteiger partial charge in [-0.2, -0.15) is 0 Å². The second-order valence-corrected chi connectivity index (χ2v) is 4.39. The van der Waals surface area contributed by atoms with E-state index in [2.05, 4.69) is 20.6 Å². The Morgan fingerprint density at radius 2 is 2.10 bits per heavy atom. The first-order valence-corrected chi connectivity index (χ1v) is 6.48. The van der Waals surface area contributed by atoms with Crippen LogP contribution in [0, 0.1) is 0 Å². The summed E-state index contributed by atoms with van der Waals surface area (Å²) < 4.78 is 0. The highest BCUT2D eigenvalue weighted by molar-refractivity contribution is 5.90. The number of aromatic amines is 1. The van der Waals surface area contributed by atoms with Crippen LogP contribution < -0.4 is 10.6 Å². The maximum absolute atomic E-state index is 11.8. The number of benzene rings is 1. The van der Waals surface area contributed by atoms with Crippen LogP contribution in [0.5, 0.6) is 0 Å². The van der Waals surface area contributed by atoms with E-state index in [1.165, 1.54) is 0 Å². The van der Waals surface area contributed by atoms with Gasteiger partial charge in [0.15, 0.2) is 0 Å². The van der Waals surface area contributed by atoms with Crippen LogP contribution in [0.3, 0.4) is 0 Å². The molecule has 7 heteroatoms. The number of aryl methyl sites for hydroxylation is 1. The lowest BCUT2D eigenvalue weighted by Gasteiger charge is -2.11. The fraction of sp³-hybridized carbons (Fsp3) is 0.214. The summed E-state index contributed by atoms with van der Waals surface area (Å²) in [6, 6.07) is 6.76. The molecule has 1 aromatic heterocycles. The zero-order valence-electron chi connectivity index (χ0n) is 11.3. The van der Waals surface area contributed by atoms with E-state index in [4.69, 9.17) is 5.11 Å². The van der Waals surface area contributed by atoms with Gasteiger partial charge in [0.25, 0.3) is 0 Å². The van der Waals surface area contributed by atoms with Crippen molar-refractivity contribution in [3.63, 3.8) is 0 Å². The Labute approximate surface area is 121 Å². The van der Waals surface area contributed by atoms with Crippen molar-refractivity contribution < 1.29 is 14.7 Å². The van der Waals surface area contributed by atoms with Crippen molar-refractivity contribution >= 4 is 17.7 Å². The third kappa shape index (κ3) is 4.64. The lowest BCUT2D eigenvalue weighted by atomic mass is 10.1. The molecule has 0 saturated heterocycles. The van der Waals surface area contributed by atoms with Gasteiger partial charge in [-0.15, -0.1) is 0 Å². The molecule has 0 bridgehead atoms. The third-order valence-electron chi connectivity index (χ3n) is 2.85. The van der Waals surface area contributed by atoms with E-state index in [1.54, 1.807) is 30.6 Å². The minimum absolute atomic E-state index is 0.0205. The first-order valence-electron chi connectivity index (χ1n) is 6.48. The second kappa shape index (κ2) is 7.09. The summed E-state index contributed by atoms with van der Waals surface area (Å²) in [6.07, 6.45) is 3.67. The van der Waals surface area contributed by atoms with Gasteiger partial charge in [0.1, 0.15) is 5.82 Å². The Bertz CT molecular complexity index is 610. The average Bonchev–Trinajstić information content (AvgIpc) is 2.97. The zero-order valence-corrected chi connectivity index (χ0v) is 11.3. The molecular formula is C14H16N4O3. The Balaban J connectivity index is 1.92. The van der Waals surface area contributed by atoms with Crippen LogP contribution in [0.4, 0.5) is 10.5 Å². The Morgan fingerprint density at radius 3 is 2.81 bits per heavy atom. The largest absolute Gasteiger partial charge is 0.481 e. The summed E-state index contributed by atoms with van der Waals surface area (Å²) in [5.74, 6) is -0.212. The number of amides is 2. The molecule has 0 radical (unpaired) electrons. The number of aromatic nitrogens is 2. The number of rotatable bonds is 6. The molecule has 0 aliphatic rings. The van der Waals surface area contributed by atoms with Gasteiger partial charge in [-0.3, -0.25) is 4.79 Å². The molecule has 2 amide bonds.